The molecule has 2 aliphatic heterocycles. The third-order valence-corrected chi connectivity index (χ3v) is 7.33. The van der Waals surface area contributed by atoms with Gasteiger partial charge in [0.1, 0.15) is 5.75 Å². The van der Waals surface area contributed by atoms with Gasteiger partial charge in [-0.3, -0.25) is 9.59 Å². The van der Waals surface area contributed by atoms with E-state index in [-0.39, 0.29) is 17.9 Å². The maximum absolute atomic E-state index is 12.8. The van der Waals surface area contributed by atoms with Gasteiger partial charge in [0.15, 0.2) is 5.76 Å². The Balaban J connectivity index is 0.000000507. The number of carbonyl (C=O) groups excluding carboxylic acids is 2. The molecule has 2 aromatic rings. The van der Waals surface area contributed by atoms with E-state index in [2.05, 4.69) is 10.2 Å². The van der Waals surface area contributed by atoms with Crippen LogP contribution < -0.4 is 15.8 Å². The zero-order valence-corrected chi connectivity index (χ0v) is 23.5. The van der Waals surface area contributed by atoms with Gasteiger partial charge in [-0.2, -0.15) is 0 Å². The fourth-order valence-electron chi connectivity index (χ4n) is 4.82. The number of halogens is 1. The van der Waals surface area contributed by atoms with Crippen LogP contribution in [0.3, 0.4) is 0 Å². The molecular weight excluding hydrogens is 556 g/mol. The van der Waals surface area contributed by atoms with E-state index in [0.29, 0.717) is 45.9 Å². The predicted octanol–water partition coefficient (Wildman–Crippen LogP) is 2.98. The van der Waals surface area contributed by atoms with Gasteiger partial charge in [-0.05, 0) is 49.8 Å². The molecule has 0 aliphatic carbocycles. The summed E-state index contributed by atoms with van der Waals surface area (Å²) in [5.74, 6) is -1.31. The van der Waals surface area contributed by atoms with Crippen LogP contribution in [-0.4, -0.2) is 89.6 Å². The molecule has 41 heavy (non-hydrogen) atoms. The molecule has 0 atom stereocenters. The summed E-state index contributed by atoms with van der Waals surface area (Å²) >= 11 is 6.10. The number of benzene rings is 1. The van der Waals surface area contributed by atoms with Gasteiger partial charge in [-0.1, -0.05) is 11.6 Å². The second kappa shape index (κ2) is 15.1. The minimum absolute atomic E-state index is 0.0194. The van der Waals surface area contributed by atoms with Crippen LogP contribution in [0.2, 0.25) is 5.02 Å². The highest BCUT2D eigenvalue weighted by Crippen LogP contribution is 2.29. The molecule has 222 valence electrons. The number of hydrogen-bond donors (Lipinski definition) is 4. The number of nitrogens with zero attached hydrogens (tertiary/aromatic N) is 2. The van der Waals surface area contributed by atoms with Crippen LogP contribution in [-0.2, 0) is 9.59 Å². The van der Waals surface area contributed by atoms with Gasteiger partial charge in [0.25, 0.3) is 11.8 Å². The van der Waals surface area contributed by atoms with Crippen molar-refractivity contribution in [2.24, 2.45) is 5.92 Å². The number of likely N-dealkylation sites (tertiary alicyclic amines) is 2. The average molecular weight is 591 g/mol. The fourth-order valence-corrected chi connectivity index (χ4v) is 4.98. The molecule has 12 nitrogen and oxygen atoms in total. The van der Waals surface area contributed by atoms with Crippen molar-refractivity contribution < 1.29 is 38.5 Å². The number of nitrogen functional groups attached to an aromatic ring is 1. The Morgan fingerprint density at radius 2 is 1.71 bits per heavy atom. The molecule has 2 fully saturated rings. The molecule has 2 aliphatic rings. The molecule has 5 N–H and O–H groups in total. The van der Waals surface area contributed by atoms with Crippen LogP contribution in [0.5, 0.6) is 5.75 Å². The Hall–Kier alpha value is -4.03. The third kappa shape index (κ3) is 9.54. The number of aliphatic carboxylic acids is 2. The molecule has 13 heteroatoms. The van der Waals surface area contributed by atoms with Crippen LogP contribution in [0.1, 0.15) is 46.6 Å². The number of hydrogen-bond acceptors (Lipinski definition) is 8. The van der Waals surface area contributed by atoms with Crippen LogP contribution in [0.4, 0.5) is 5.69 Å². The maximum Gasteiger partial charge on any atom is 0.328 e. The van der Waals surface area contributed by atoms with Gasteiger partial charge >= 0.3 is 11.9 Å². The van der Waals surface area contributed by atoms with Crippen molar-refractivity contribution in [1.82, 2.24) is 15.1 Å². The lowest BCUT2D eigenvalue weighted by atomic mass is 9.94. The number of rotatable bonds is 8. The number of piperidine rings is 2. The number of ether oxygens (including phenoxy) is 1. The summed E-state index contributed by atoms with van der Waals surface area (Å²) in [6.45, 7) is 4.45. The lowest BCUT2D eigenvalue weighted by Crippen LogP contribution is -2.47. The number of anilines is 1. The zero-order chi connectivity index (χ0) is 29.9. The first-order chi connectivity index (χ1) is 19.6. The number of nitrogens with two attached hydrogens (primary N) is 1. The van der Waals surface area contributed by atoms with E-state index in [9.17, 15) is 19.2 Å². The first kappa shape index (κ1) is 31.5. The predicted molar refractivity (Wildman–Crippen MR) is 151 cm³/mol. The first-order valence-electron chi connectivity index (χ1n) is 13.2. The van der Waals surface area contributed by atoms with E-state index in [1.807, 2.05) is 4.90 Å². The Morgan fingerprint density at radius 1 is 1.07 bits per heavy atom. The highest BCUT2D eigenvalue weighted by molar-refractivity contribution is 6.33. The second-order valence-electron chi connectivity index (χ2n) is 9.85. The van der Waals surface area contributed by atoms with Gasteiger partial charge in [-0.25, -0.2) is 9.59 Å². The number of methoxy groups -OCH3 is 1. The summed E-state index contributed by atoms with van der Waals surface area (Å²) in [5, 5.41) is 19.1. The lowest BCUT2D eigenvalue weighted by molar-refractivity contribution is -0.134. The van der Waals surface area contributed by atoms with E-state index < -0.39 is 11.9 Å². The van der Waals surface area contributed by atoms with Crippen LogP contribution in [0, 0.1) is 5.92 Å². The smallest absolute Gasteiger partial charge is 0.328 e. The molecule has 0 radical (unpaired) electrons. The topological polar surface area (TPSA) is 176 Å². The normalized spacial score (nSPS) is 16.6. The third-order valence-electron chi connectivity index (χ3n) is 7.00. The van der Waals surface area contributed by atoms with E-state index in [1.165, 1.54) is 13.4 Å². The van der Waals surface area contributed by atoms with Gasteiger partial charge in [0, 0.05) is 57.0 Å². The standard InChI is InChI=1S/C24H31ClN4O4.C4H4O4/c1-32-22-14-20(26)19(25)13-18(22)23(30)27-17-6-8-28(9-7-17)15-16-4-10-29(11-5-16)24(31)21-3-2-12-33-21;5-3(6)1-2-4(7)8/h2-3,12-14,16-17H,4-11,15,26H2,1H3,(H,27,30);1-2H,(H,5,6)(H,7,8)/b;2-1+. The van der Waals surface area contributed by atoms with Crippen LogP contribution >= 0.6 is 11.6 Å². The number of carboxylic acid groups (broad SMARTS) is 2. The van der Waals surface area contributed by atoms with Gasteiger partial charge in [-0.15, -0.1) is 0 Å². The highest BCUT2D eigenvalue weighted by atomic mass is 35.5. The SMILES string of the molecule is COc1cc(N)c(Cl)cc1C(=O)NC1CCN(CC2CCN(C(=O)c3ccco3)CC2)CC1.O=C(O)/C=C/C(=O)O. The zero-order valence-electron chi connectivity index (χ0n) is 22.8. The van der Waals surface area contributed by atoms with Crippen molar-refractivity contribution in [3.63, 3.8) is 0 Å². The van der Waals surface area contributed by atoms with Gasteiger partial charge < -0.3 is 40.2 Å². The lowest BCUT2D eigenvalue weighted by Gasteiger charge is -2.37. The average Bonchev–Trinajstić information content (AvgIpc) is 3.50. The highest BCUT2D eigenvalue weighted by Gasteiger charge is 2.28. The molecule has 4 rings (SSSR count). The molecule has 1 aromatic heterocycles. The minimum Gasteiger partial charge on any atom is -0.496 e. The number of carboxylic acids is 2. The number of carbonyl (C=O) groups is 4. The Morgan fingerprint density at radius 3 is 2.24 bits per heavy atom. The Kier molecular flexibility index (Phi) is 11.6. The minimum atomic E-state index is -1.26. The van der Waals surface area contributed by atoms with E-state index in [0.717, 1.165) is 58.4 Å². The molecule has 1 aromatic carbocycles. The summed E-state index contributed by atoms with van der Waals surface area (Å²) in [6, 6.07) is 6.71. The quantitative estimate of drug-likeness (QED) is 0.264. The molecule has 2 amide bonds. The molecule has 3 heterocycles. The molecule has 0 unspecified atom stereocenters. The summed E-state index contributed by atoms with van der Waals surface area (Å²) in [5.41, 5.74) is 6.60. The monoisotopic (exact) mass is 590 g/mol. The number of furan rings is 1. The summed E-state index contributed by atoms with van der Waals surface area (Å²) in [4.78, 5) is 48.7. The van der Waals surface area contributed by atoms with Gasteiger partial charge in [0.2, 0.25) is 0 Å². The summed E-state index contributed by atoms with van der Waals surface area (Å²) in [6.07, 6.45) is 6.44. The Bertz CT molecular complexity index is 1220. The summed E-state index contributed by atoms with van der Waals surface area (Å²) in [7, 11) is 1.51. The van der Waals surface area contributed by atoms with E-state index in [4.69, 9.17) is 36.7 Å². The maximum atomic E-state index is 12.8. The molecule has 0 spiro atoms. The number of nitrogens with one attached hydrogen (secondary N) is 1. The molecular formula is C28H35ClN4O8. The second-order valence-corrected chi connectivity index (χ2v) is 10.3. The van der Waals surface area contributed by atoms with Crippen LogP contribution in [0.25, 0.3) is 0 Å². The van der Waals surface area contributed by atoms with Crippen molar-refractivity contribution >= 4 is 41.0 Å². The van der Waals surface area contributed by atoms with Crippen LogP contribution in [0.15, 0.2) is 47.1 Å². The molecule has 0 bridgehead atoms. The van der Waals surface area contributed by atoms with Crippen molar-refractivity contribution in [1.29, 1.82) is 0 Å². The number of amides is 2. The molecule has 2 saturated heterocycles. The van der Waals surface area contributed by atoms with Gasteiger partial charge in [0.05, 0.1) is 29.6 Å². The largest absolute Gasteiger partial charge is 0.496 e. The fraction of sp³-hybridized carbons (Fsp3) is 0.429. The van der Waals surface area contributed by atoms with Crippen molar-refractivity contribution in [2.75, 3.05) is 45.6 Å². The van der Waals surface area contributed by atoms with E-state index in [1.54, 1.807) is 24.3 Å². The van der Waals surface area contributed by atoms with Crippen molar-refractivity contribution in [3.05, 3.63) is 59.0 Å². The summed E-state index contributed by atoms with van der Waals surface area (Å²) < 4.78 is 10.5. The van der Waals surface area contributed by atoms with Crippen molar-refractivity contribution in [2.45, 2.75) is 31.7 Å². The molecule has 0 saturated carbocycles. The first-order valence-corrected chi connectivity index (χ1v) is 13.6. The Labute approximate surface area is 242 Å². The van der Waals surface area contributed by atoms with Crippen molar-refractivity contribution in [3.8, 4) is 5.75 Å². The van der Waals surface area contributed by atoms with E-state index >= 15 is 0 Å².